The van der Waals surface area contributed by atoms with Gasteiger partial charge < -0.3 is 14.4 Å². The Morgan fingerprint density at radius 2 is 1.11 bits per heavy atom. The van der Waals surface area contributed by atoms with Crippen LogP contribution in [0.25, 0.3) is 0 Å². The van der Waals surface area contributed by atoms with Crippen molar-refractivity contribution < 1.29 is 14.3 Å². The van der Waals surface area contributed by atoms with Crippen LogP contribution in [0.5, 0.6) is 0 Å². The van der Waals surface area contributed by atoms with Crippen LogP contribution in [-0.4, -0.2) is 32.0 Å². The first-order chi connectivity index (χ1) is 23.1. The molecule has 0 unspecified atom stereocenters. The van der Waals surface area contributed by atoms with Crippen LogP contribution >= 0.6 is 0 Å². The monoisotopic (exact) mass is 621 g/mol. The Hall–Kier alpha value is -5.72. The van der Waals surface area contributed by atoms with Crippen LogP contribution in [-0.2, 0) is 27.1 Å². The van der Waals surface area contributed by atoms with Crippen molar-refractivity contribution in [2.45, 2.75) is 12.8 Å². The van der Waals surface area contributed by atoms with E-state index >= 15 is 0 Å². The van der Waals surface area contributed by atoms with Crippen LogP contribution in [0.3, 0.4) is 0 Å². The first kappa shape index (κ1) is 32.7. The van der Waals surface area contributed by atoms with Gasteiger partial charge in [0.15, 0.2) is 0 Å². The van der Waals surface area contributed by atoms with Gasteiger partial charge in [-0.25, -0.2) is 9.80 Å². The quantitative estimate of drug-likeness (QED) is 0.0274. The van der Waals surface area contributed by atoms with E-state index in [0.29, 0.717) is 26.2 Å². The molecular formula is C41H39N3O3. The van der Waals surface area contributed by atoms with Crippen LogP contribution < -0.4 is 9.91 Å². The smallest absolute Gasteiger partial charge is 0.330 e. The molecule has 0 radical (unpaired) electrons. The molecule has 5 rings (SSSR count). The predicted molar refractivity (Wildman–Crippen MR) is 193 cm³/mol. The van der Waals surface area contributed by atoms with E-state index < -0.39 is 5.97 Å². The molecule has 0 aromatic heterocycles. The first-order valence-electron chi connectivity index (χ1n) is 15.6. The molecule has 0 amide bonds. The molecular weight excluding hydrogens is 582 g/mol. The summed E-state index contributed by atoms with van der Waals surface area (Å²) in [5.41, 5.74) is 8.29. The van der Waals surface area contributed by atoms with Crippen molar-refractivity contribution in [3.8, 4) is 0 Å². The average molecular weight is 622 g/mol. The molecule has 47 heavy (non-hydrogen) atoms. The van der Waals surface area contributed by atoms with Gasteiger partial charge in [0.05, 0.1) is 37.4 Å². The van der Waals surface area contributed by atoms with E-state index in [2.05, 4.69) is 90.9 Å². The number of ether oxygens (including phenoxy) is 2. The summed E-state index contributed by atoms with van der Waals surface area (Å²) in [5, 5.41) is 6.80. The number of anilines is 5. The van der Waals surface area contributed by atoms with Crippen molar-refractivity contribution in [1.29, 1.82) is 0 Å². The van der Waals surface area contributed by atoms with E-state index in [4.69, 9.17) is 14.6 Å². The third kappa shape index (κ3) is 9.39. The van der Waals surface area contributed by atoms with Gasteiger partial charge in [0.2, 0.25) is 0 Å². The summed E-state index contributed by atoms with van der Waals surface area (Å²) < 4.78 is 10.7. The highest BCUT2D eigenvalue weighted by Gasteiger charge is 2.13. The summed E-state index contributed by atoms with van der Waals surface area (Å²) in [6.45, 7) is 8.67. The fourth-order valence-electron chi connectivity index (χ4n) is 5.01. The highest BCUT2D eigenvalue weighted by atomic mass is 16.5. The van der Waals surface area contributed by atoms with Gasteiger partial charge in [0.25, 0.3) is 0 Å². The summed E-state index contributed by atoms with van der Waals surface area (Å²) in [6, 6.07) is 45.5. The van der Waals surface area contributed by atoms with Gasteiger partial charge in [-0.3, -0.25) is 0 Å². The lowest BCUT2D eigenvalue weighted by Gasteiger charge is -2.26. The normalized spacial score (nSPS) is 10.8. The second-order valence-corrected chi connectivity index (χ2v) is 10.7. The van der Waals surface area contributed by atoms with Crippen molar-refractivity contribution in [2.24, 2.45) is 5.10 Å². The summed E-state index contributed by atoms with van der Waals surface area (Å²) in [6.07, 6.45) is 6.28. The minimum Gasteiger partial charge on any atom is -0.462 e. The molecule has 0 aliphatic rings. The maximum atomic E-state index is 11.4. The number of carbonyl (C=O) groups is 1. The zero-order chi connectivity index (χ0) is 32.7. The summed E-state index contributed by atoms with van der Waals surface area (Å²) >= 11 is 0. The molecule has 6 heteroatoms. The van der Waals surface area contributed by atoms with Gasteiger partial charge in [-0.1, -0.05) is 85.5 Å². The highest BCUT2D eigenvalue weighted by Crippen LogP contribution is 2.35. The van der Waals surface area contributed by atoms with Crippen LogP contribution in [0.2, 0.25) is 0 Å². The Balaban J connectivity index is 1.39. The molecule has 0 spiro atoms. The molecule has 0 N–H and O–H groups in total. The van der Waals surface area contributed by atoms with Crippen molar-refractivity contribution >= 4 is 40.6 Å². The number of nitrogens with zero attached hydrogens (tertiary/aromatic N) is 3. The lowest BCUT2D eigenvalue weighted by Crippen LogP contribution is -2.11. The third-order valence-corrected chi connectivity index (χ3v) is 7.44. The largest absolute Gasteiger partial charge is 0.462 e. The van der Waals surface area contributed by atoms with E-state index in [1.807, 2.05) is 71.9 Å². The third-order valence-electron chi connectivity index (χ3n) is 7.44. The number of hydrazone groups is 1. The molecule has 5 aromatic carbocycles. The number of esters is 1. The zero-order valence-corrected chi connectivity index (χ0v) is 26.4. The van der Waals surface area contributed by atoms with Crippen LogP contribution in [0.15, 0.2) is 164 Å². The van der Waals surface area contributed by atoms with Crippen molar-refractivity contribution in [3.05, 3.63) is 175 Å². The van der Waals surface area contributed by atoms with Crippen LogP contribution in [0.1, 0.15) is 16.7 Å². The molecule has 0 saturated heterocycles. The molecule has 0 bridgehead atoms. The molecule has 5 aromatic rings. The Bertz CT molecular complexity index is 1700. The molecule has 0 saturated carbocycles. The lowest BCUT2D eigenvalue weighted by atomic mass is 10.1. The van der Waals surface area contributed by atoms with Gasteiger partial charge >= 0.3 is 5.97 Å². The number of para-hydroxylation sites is 2. The van der Waals surface area contributed by atoms with Gasteiger partial charge in [-0.2, -0.15) is 5.10 Å². The second-order valence-electron chi connectivity index (χ2n) is 10.7. The highest BCUT2D eigenvalue weighted by molar-refractivity contribution is 5.84. The topological polar surface area (TPSA) is 54.4 Å². The van der Waals surface area contributed by atoms with E-state index in [0.717, 1.165) is 46.0 Å². The van der Waals surface area contributed by atoms with Gasteiger partial charge in [-0.05, 0) is 83.8 Å². The van der Waals surface area contributed by atoms with Crippen LogP contribution in [0.4, 0.5) is 28.4 Å². The number of hydrogen-bond acceptors (Lipinski definition) is 6. The summed E-state index contributed by atoms with van der Waals surface area (Å²) in [5.74, 6) is -0.412. The Morgan fingerprint density at radius 3 is 1.60 bits per heavy atom. The maximum Gasteiger partial charge on any atom is 0.330 e. The van der Waals surface area contributed by atoms with E-state index in [1.165, 1.54) is 11.6 Å². The van der Waals surface area contributed by atoms with Crippen molar-refractivity contribution in [3.63, 3.8) is 0 Å². The first-order valence-corrected chi connectivity index (χ1v) is 15.6. The van der Waals surface area contributed by atoms with Gasteiger partial charge in [0.1, 0.15) is 0 Å². The molecule has 0 fully saturated rings. The number of benzene rings is 5. The fourth-order valence-corrected chi connectivity index (χ4v) is 5.01. The minimum atomic E-state index is -0.412. The molecule has 236 valence electrons. The second kappa shape index (κ2) is 17.1. The molecule has 0 heterocycles. The van der Waals surface area contributed by atoms with Gasteiger partial charge in [0, 0.05) is 29.6 Å². The zero-order valence-electron chi connectivity index (χ0n) is 26.4. The van der Waals surface area contributed by atoms with E-state index in [1.54, 1.807) is 6.08 Å². The summed E-state index contributed by atoms with van der Waals surface area (Å²) in [7, 11) is 0. The van der Waals surface area contributed by atoms with Crippen molar-refractivity contribution in [2.75, 3.05) is 29.7 Å². The minimum absolute atomic E-state index is 0.306. The molecule has 6 nitrogen and oxygen atoms in total. The van der Waals surface area contributed by atoms with E-state index in [9.17, 15) is 4.79 Å². The summed E-state index contributed by atoms with van der Waals surface area (Å²) in [4.78, 5) is 13.7. The Morgan fingerprint density at radius 1 is 0.617 bits per heavy atom. The number of rotatable bonds is 16. The van der Waals surface area contributed by atoms with Crippen molar-refractivity contribution in [1.82, 2.24) is 0 Å². The van der Waals surface area contributed by atoms with E-state index in [-0.39, 0.29) is 0 Å². The molecule has 0 atom stereocenters. The Labute approximate surface area is 277 Å². The molecule has 0 aliphatic carbocycles. The number of carbonyl (C=O) groups excluding carboxylic acids is 1. The average Bonchev–Trinajstić information content (AvgIpc) is 3.13. The predicted octanol–water partition coefficient (Wildman–Crippen LogP) is 9.35. The lowest BCUT2D eigenvalue weighted by molar-refractivity contribution is -0.137. The Kier molecular flexibility index (Phi) is 11.9. The number of hydrogen-bond donors (Lipinski definition) is 0. The maximum absolute atomic E-state index is 11.4. The molecule has 0 aliphatic heterocycles. The fraction of sp³-hybridized carbons (Fsp3) is 0.122. The standard InChI is InChI=1S/C41H39N3O3/c1-3-29-46-30-27-33-15-21-36(22-16-33)43(37-23-17-34(18-24-37)28-31-47-41(45)4-2)38-25-19-35(20-26-38)32-42-44(39-11-7-5-8-12-39)40-13-9-6-10-14-40/h3-26,32H,1-2,27-31H2. The van der Waals surface area contributed by atoms with Gasteiger partial charge in [-0.15, -0.1) is 6.58 Å². The van der Waals surface area contributed by atoms with Crippen LogP contribution in [0, 0.1) is 0 Å². The SMILES string of the molecule is C=CCOCCc1ccc(N(c2ccc(C=NN(c3ccccc3)c3ccccc3)cc2)c2ccc(CCOC(=O)C=C)cc2)cc1.